The first-order valence-electron chi connectivity index (χ1n) is 25.5. The number of aliphatic hydroxyl groups excluding tert-OH is 1. The van der Waals surface area contributed by atoms with Crippen molar-refractivity contribution in [3.8, 4) is 0 Å². The van der Waals surface area contributed by atoms with Gasteiger partial charge in [-0.05, 0) is 6.92 Å². The minimum Gasteiger partial charge on any atom is -0.479 e. The summed E-state index contributed by atoms with van der Waals surface area (Å²) in [6, 6.07) is -2.32. The van der Waals surface area contributed by atoms with E-state index >= 15 is 0 Å². The zero-order valence-corrected chi connectivity index (χ0v) is 54.9. The maximum atomic E-state index is 13.3. The van der Waals surface area contributed by atoms with Crippen LogP contribution >= 0.6 is 0 Å². The van der Waals surface area contributed by atoms with E-state index in [0.29, 0.717) is 7.11 Å². The standard InChI is InChI=1S/C36H61NO51S8/c1-6-71-20-22(25(31(40)41)83-36(28(20)87-95(61,62)63)78-15-11(8-73-90(46,47)48)75-32(42)13(37)17(15)84-92(52,53)54)81-34-29(88-96(64,65)66)23(85-93(55,56)57)16(12(77-34)9-74-91(49,50)51)79-35-27(86-94(58,59)60)19(69-4)21(24(82-35)30(38)39)80-33-26(70-5)18(68-3)14(67-2)10(76-33)7-72-89(43,44)45/h10-29,32-36,42H,6-9,37H2,1-5H3,(H,38,39)(H,40,41)(H,43,44,45)(H,46,47,48)(H,49,50,51)(H,52,53,54)(H,55,56,57)(H,58,59,60)(H,61,62,63)(H,64,65,66)/t10-,11-,12-,13-,14-,15-,16-,17-,18+,19+,20+,21+,22+,23+,24+,25-,26-,27-,28-,29-,32+,33-,34-,35-,36-/m1/s1. The maximum Gasteiger partial charge on any atom is 0.397 e. The van der Waals surface area contributed by atoms with Crippen LogP contribution in [0.3, 0.4) is 0 Å². The fraction of sp³-hybridized carbons (Fsp3) is 0.944. The highest BCUT2D eigenvalue weighted by Crippen LogP contribution is 2.41. The van der Waals surface area contributed by atoms with Crippen molar-refractivity contribution < 1.29 is 228 Å². The lowest BCUT2D eigenvalue weighted by molar-refractivity contribution is -0.383. The number of aliphatic hydroxyl groups is 1. The summed E-state index contributed by atoms with van der Waals surface area (Å²) in [5.41, 5.74) is 5.81. The van der Waals surface area contributed by atoms with E-state index in [0.717, 1.165) is 28.3 Å². The number of ether oxygens (including phenoxy) is 14. The van der Waals surface area contributed by atoms with E-state index in [-0.39, 0.29) is 0 Å². The summed E-state index contributed by atoms with van der Waals surface area (Å²) in [5.74, 6) is -4.71. The molecular formula is C36H61NO51S8. The van der Waals surface area contributed by atoms with Crippen LogP contribution in [0.1, 0.15) is 6.92 Å². The van der Waals surface area contributed by atoms with Crippen molar-refractivity contribution in [2.24, 2.45) is 5.73 Å². The highest BCUT2D eigenvalue weighted by molar-refractivity contribution is 7.82. The molecule has 96 heavy (non-hydrogen) atoms. The van der Waals surface area contributed by atoms with Crippen molar-refractivity contribution in [2.75, 3.05) is 54.9 Å². The summed E-state index contributed by atoms with van der Waals surface area (Å²) in [7, 11) is -44.1. The van der Waals surface area contributed by atoms with Crippen molar-refractivity contribution in [1.29, 1.82) is 0 Å². The Morgan fingerprint density at radius 1 is 0.354 bits per heavy atom. The third-order valence-corrected chi connectivity index (χ3v) is 16.9. The smallest absolute Gasteiger partial charge is 0.397 e. The molecule has 0 radical (unpaired) electrons. The van der Waals surface area contributed by atoms with Crippen LogP contribution in [-0.4, -0.2) is 339 Å². The first kappa shape index (κ1) is 83.9. The molecule has 5 heterocycles. The van der Waals surface area contributed by atoms with Gasteiger partial charge in [-0.25, -0.2) is 43.1 Å². The average molecular weight is 1580 g/mol. The van der Waals surface area contributed by atoms with E-state index in [1.165, 1.54) is 0 Å². The lowest BCUT2D eigenvalue weighted by Gasteiger charge is -2.51. The molecule has 5 rings (SSSR count). The Morgan fingerprint density at radius 2 is 0.635 bits per heavy atom. The molecule has 60 heteroatoms. The largest absolute Gasteiger partial charge is 0.479 e. The summed E-state index contributed by atoms with van der Waals surface area (Å²) >= 11 is 0. The van der Waals surface area contributed by atoms with Crippen molar-refractivity contribution >= 4 is 95.1 Å². The molecule has 5 fully saturated rings. The van der Waals surface area contributed by atoms with Crippen LogP contribution in [0.15, 0.2) is 0 Å². The number of carboxylic acid groups (broad SMARTS) is 2. The second-order valence-electron chi connectivity index (χ2n) is 19.5. The molecule has 0 bridgehead atoms. The number of hydrogen-bond donors (Lipinski definition) is 12. The second kappa shape index (κ2) is 33.1. The van der Waals surface area contributed by atoms with E-state index in [4.69, 9.17) is 76.2 Å². The molecule has 5 aliphatic rings. The molecule has 564 valence electrons. The van der Waals surface area contributed by atoms with Crippen LogP contribution in [-0.2, 0) is 193 Å². The molecule has 52 nitrogen and oxygen atoms in total. The van der Waals surface area contributed by atoms with Crippen molar-refractivity contribution in [1.82, 2.24) is 0 Å². The van der Waals surface area contributed by atoms with Crippen LogP contribution in [0.5, 0.6) is 0 Å². The van der Waals surface area contributed by atoms with Gasteiger partial charge < -0.3 is 87.4 Å². The summed E-state index contributed by atoms with van der Waals surface area (Å²) in [6.45, 7) is -4.70. The SMILES string of the molecule is CCO[C@@H]1[C@@H](OS(=O)(=O)O)[C@H](O[C@H]2[C@H](OS(=O)(=O)O)[C@@H](N)[C@@H](O)O[C@@H]2COS(=O)(=O)O)O[C@@H](C(=O)O)[C@H]1O[C@H]1O[C@H](COS(=O)(=O)O)[C@@H](O[C@@H]2O[C@H](C(=O)O)[C@@H](O[C@H]3O[C@H](COS(=O)(=O)O)[C@@H](OC)[C@H](OC)[C@H]3OC)[C@H](OC)[C@H]2OS(=O)(=O)O)[C@H](OS(=O)(=O)O)[C@H]1OS(=O)(=O)O. The molecule has 0 aromatic rings. The Bertz CT molecular complexity index is 3580. The van der Waals surface area contributed by atoms with Gasteiger partial charge in [-0.1, -0.05) is 0 Å². The zero-order valence-electron chi connectivity index (χ0n) is 48.4. The molecule has 25 atom stereocenters. The molecule has 0 aliphatic carbocycles. The lowest BCUT2D eigenvalue weighted by Crippen LogP contribution is -2.70. The van der Waals surface area contributed by atoms with E-state index in [9.17, 15) is 129 Å². The molecule has 0 aromatic heterocycles. The van der Waals surface area contributed by atoms with Gasteiger partial charge >= 0.3 is 95.1 Å². The number of aliphatic carboxylic acids is 2. The van der Waals surface area contributed by atoms with Crippen molar-refractivity contribution in [2.45, 2.75) is 160 Å². The normalized spacial score (nSPS) is 37.3. The number of nitrogens with two attached hydrogens (primary N) is 1. The third-order valence-electron chi connectivity index (χ3n) is 13.3. The number of methoxy groups -OCH3 is 4. The van der Waals surface area contributed by atoms with Crippen LogP contribution in [0.2, 0.25) is 0 Å². The lowest BCUT2D eigenvalue weighted by atomic mass is 9.94. The van der Waals surface area contributed by atoms with E-state index in [2.05, 4.69) is 29.3 Å². The van der Waals surface area contributed by atoms with Gasteiger partial charge in [-0.3, -0.25) is 36.4 Å². The monoisotopic (exact) mass is 1580 g/mol. The molecule has 0 aromatic carbocycles. The molecule has 0 amide bonds. The Kier molecular flexibility index (Phi) is 29.0. The fourth-order valence-corrected chi connectivity index (χ4v) is 13.3. The third kappa shape index (κ3) is 24.2. The highest BCUT2D eigenvalue weighted by Gasteiger charge is 2.63. The molecular weight excluding hydrogens is 1520 g/mol. The molecule has 0 spiro atoms. The van der Waals surface area contributed by atoms with Crippen LogP contribution in [0.4, 0.5) is 0 Å². The maximum absolute atomic E-state index is 13.3. The van der Waals surface area contributed by atoms with Gasteiger partial charge in [0.25, 0.3) is 0 Å². The Balaban J connectivity index is 1.71. The molecule has 0 saturated carbocycles. The molecule has 5 saturated heterocycles. The summed E-state index contributed by atoms with van der Waals surface area (Å²) < 4.78 is 389. The van der Waals surface area contributed by atoms with Crippen LogP contribution in [0.25, 0.3) is 0 Å². The zero-order chi connectivity index (χ0) is 73.0. The summed E-state index contributed by atoms with van der Waals surface area (Å²) in [4.78, 5) is 26.6. The van der Waals surface area contributed by atoms with Gasteiger partial charge in [0.1, 0.15) is 85.5 Å². The van der Waals surface area contributed by atoms with Gasteiger partial charge in [0, 0.05) is 35.0 Å². The number of rotatable bonds is 35. The van der Waals surface area contributed by atoms with Crippen molar-refractivity contribution in [3.05, 3.63) is 0 Å². The minimum absolute atomic E-state index is 0.614. The first-order valence-corrected chi connectivity index (χ1v) is 36.4. The van der Waals surface area contributed by atoms with Gasteiger partial charge in [-0.15, -0.1) is 0 Å². The average Bonchev–Trinajstić information content (AvgIpc) is 0.762. The van der Waals surface area contributed by atoms with Crippen LogP contribution in [0, 0.1) is 0 Å². The van der Waals surface area contributed by atoms with Crippen LogP contribution < -0.4 is 5.73 Å². The topological polar surface area (TPSA) is 759 Å². The van der Waals surface area contributed by atoms with Gasteiger partial charge in [-0.2, -0.15) is 67.3 Å². The predicted molar refractivity (Wildman–Crippen MR) is 281 cm³/mol. The first-order chi connectivity index (χ1) is 43.8. The van der Waals surface area contributed by atoms with Crippen molar-refractivity contribution in [3.63, 3.8) is 0 Å². The summed E-state index contributed by atoms with van der Waals surface area (Å²) in [6.07, 6.45) is -64.1. The van der Waals surface area contributed by atoms with Gasteiger partial charge in [0.05, 0.1) is 25.9 Å². The van der Waals surface area contributed by atoms with E-state index in [1.807, 2.05) is 0 Å². The fourth-order valence-electron chi connectivity index (χ4n) is 9.95. The van der Waals surface area contributed by atoms with Gasteiger partial charge in [0.15, 0.2) is 62.0 Å². The number of carbonyl (C=O) groups is 2. The summed E-state index contributed by atoms with van der Waals surface area (Å²) in [5, 5.41) is 31.8. The molecule has 13 N–H and O–H groups in total. The quantitative estimate of drug-likeness (QED) is 0.0262. The Hall–Kier alpha value is -2.74. The highest BCUT2D eigenvalue weighted by atomic mass is 32.3. The predicted octanol–water partition coefficient (Wildman–Crippen LogP) is -9.50. The Labute approximate surface area is 542 Å². The van der Waals surface area contributed by atoms with E-state index in [1.54, 1.807) is 0 Å². The molecule has 5 aliphatic heterocycles. The second-order valence-corrected chi connectivity index (χ2v) is 28.0. The Morgan fingerprint density at radius 3 is 0.990 bits per heavy atom. The number of carboxylic acids is 2. The number of hydrogen-bond acceptors (Lipinski definition) is 42. The molecule has 0 unspecified atom stereocenters. The minimum atomic E-state index is -6.42. The van der Waals surface area contributed by atoms with Gasteiger partial charge in [0.2, 0.25) is 0 Å². The van der Waals surface area contributed by atoms with E-state index < -0.39 is 275 Å².